The van der Waals surface area contributed by atoms with Crippen LogP contribution < -0.4 is 5.32 Å². The molecule has 1 heterocycles. The zero-order chi connectivity index (χ0) is 12.1. The third-order valence-electron chi connectivity index (χ3n) is 1.96. The monoisotopic (exact) mass is 242 g/mol. The maximum absolute atomic E-state index is 11.4. The fraction of sp³-hybridized carbons (Fsp3) is 0.636. The van der Waals surface area contributed by atoms with Crippen molar-refractivity contribution in [2.24, 2.45) is 5.92 Å². The van der Waals surface area contributed by atoms with E-state index in [4.69, 9.17) is 4.74 Å². The quantitative estimate of drug-likeness (QED) is 0.883. The number of ether oxygens (including phenoxy) is 1. The van der Waals surface area contributed by atoms with Crippen molar-refractivity contribution in [2.45, 2.75) is 33.7 Å². The highest BCUT2D eigenvalue weighted by atomic mass is 32.1. The van der Waals surface area contributed by atoms with Crippen molar-refractivity contribution in [3.8, 4) is 0 Å². The van der Waals surface area contributed by atoms with Crippen LogP contribution >= 0.6 is 11.3 Å². The molecule has 0 aliphatic rings. The third kappa shape index (κ3) is 4.18. The number of nitrogens with zero attached hydrogens (tertiary/aromatic N) is 1. The summed E-state index contributed by atoms with van der Waals surface area (Å²) < 4.78 is 5.03. The molecule has 16 heavy (non-hydrogen) atoms. The predicted octanol–water partition coefficient (Wildman–Crippen LogP) is 2.89. The van der Waals surface area contributed by atoms with E-state index < -0.39 is 0 Å². The van der Waals surface area contributed by atoms with E-state index >= 15 is 0 Å². The molecule has 5 heteroatoms. The van der Waals surface area contributed by atoms with E-state index in [9.17, 15) is 4.79 Å². The van der Waals surface area contributed by atoms with Gasteiger partial charge in [0.1, 0.15) is 0 Å². The van der Waals surface area contributed by atoms with Gasteiger partial charge in [0.05, 0.1) is 23.4 Å². The second kappa shape index (κ2) is 5.84. The highest BCUT2D eigenvalue weighted by molar-refractivity contribution is 7.09. The maximum Gasteiger partial charge on any atom is 0.407 e. The summed E-state index contributed by atoms with van der Waals surface area (Å²) in [5.74, 6) is 0.350. The first kappa shape index (κ1) is 13.0. The lowest BCUT2D eigenvalue weighted by atomic mass is 10.2. The molecule has 0 aliphatic carbocycles. The number of rotatable bonds is 4. The molecule has 0 saturated carbocycles. The first-order valence-electron chi connectivity index (χ1n) is 5.34. The maximum atomic E-state index is 11.4. The predicted molar refractivity (Wildman–Crippen MR) is 64.6 cm³/mol. The molecule has 1 aromatic heterocycles. The van der Waals surface area contributed by atoms with Gasteiger partial charge in [-0.3, -0.25) is 0 Å². The number of hydrogen-bond acceptors (Lipinski definition) is 4. The first-order valence-corrected chi connectivity index (χ1v) is 6.22. The molecule has 0 fully saturated rings. The summed E-state index contributed by atoms with van der Waals surface area (Å²) in [4.78, 5) is 15.7. The fourth-order valence-corrected chi connectivity index (χ4v) is 1.82. The summed E-state index contributed by atoms with van der Waals surface area (Å²) in [6.45, 7) is 8.28. The number of aryl methyl sites for hydroxylation is 1. The first-order chi connectivity index (χ1) is 7.49. The summed E-state index contributed by atoms with van der Waals surface area (Å²) >= 11 is 1.57. The van der Waals surface area contributed by atoms with Gasteiger partial charge in [-0.1, -0.05) is 13.8 Å². The van der Waals surface area contributed by atoms with Crippen molar-refractivity contribution in [1.29, 1.82) is 0 Å². The van der Waals surface area contributed by atoms with Crippen LogP contribution in [0.2, 0.25) is 0 Å². The average Bonchev–Trinajstić information content (AvgIpc) is 2.62. The Morgan fingerprint density at radius 2 is 2.25 bits per heavy atom. The largest absolute Gasteiger partial charge is 0.449 e. The molecule has 90 valence electrons. The standard InChI is InChI=1S/C11H18N2O2S/c1-7(2)5-15-11(14)12-8(3)10-6-16-9(4)13-10/h6-8H,5H2,1-4H3,(H,12,14). The van der Waals surface area contributed by atoms with Gasteiger partial charge < -0.3 is 10.1 Å². The van der Waals surface area contributed by atoms with E-state index in [1.54, 1.807) is 11.3 Å². The molecule has 1 amide bonds. The molecule has 4 nitrogen and oxygen atoms in total. The summed E-state index contributed by atoms with van der Waals surface area (Å²) in [5, 5.41) is 5.69. The molecule has 1 N–H and O–H groups in total. The molecule has 1 unspecified atom stereocenters. The normalized spacial score (nSPS) is 12.6. The van der Waals surface area contributed by atoms with Crippen molar-refractivity contribution >= 4 is 17.4 Å². The Bertz CT molecular complexity index is 350. The number of carbonyl (C=O) groups excluding carboxylic acids is 1. The topological polar surface area (TPSA) is 51.2 Å². The number of amides is 1. The van der Waals surface area contributed by atoms with Crippen LogP contribution in [0.4, 0.5) is 4.79 Å². The van der Waals surface area contributed by atoms with E-state index in [1.807, 2.05) is 33.1 Å². The zero-order valence-electron chi connectivity index (χ0n) is 10.1. The van der Waals surface area contributed by atoms with Crippen molar-refractivity contribution in [3.63, 3.8) is 0 Å². The summed E-state index contributed by atoms with van der Waals surface area (Å²) in [7, 11) is 0. The Morgan fingerprint density at radius 1 is 1.56 bits per heavy atom. The van der Waals surface area contributed by atoms with E-state index in [-0.39, 0.29) is 12.1 Å². The summed E-state index contributed by atoms with van der Waals surface area (Å²) in [6.07, 6.45) is -0.383. The Labute approximate surface area is 100 Å². The molecule has 0 aliphatic heterocycles. The molecular weight excluding hydrogens is 224 g/mol. The number of alkyl carbamates (subject to hydrolysis) is 1. The van der Waals surface area contributed by atoms with Crippen molar-refractivity contribution in [2.75, 3.05) is 6.61 Å². The molecule has 0 radical (unpaired) electrons. The lowest BCUT2D eigenvalue weighted by Crippen LogP contribution is -2.28. The third-order valence-corrected chi connectivity index (χ3v) is 2.75. The Morgan fingerprint density at radius 3 is 2.75 bits per heavy atom. The number of thiazole rings is 1. The minimum absolute atomic E-state index is 0.107. The van der Waals surface area contributed by atoms with Crippen LogP contribution in [-0.2, 0) is 4.74 Å². The van der Waals surface area contributed by atoms with Crippen LogP contribution in [0.5, 0.6) is 0 Å². The highest BCUT2D eigenvalue weighted by Gasteiger charge is 2.13. The van der Waals surface area contributed by atoms with Gasteiger partial charge in [-0.25, -0.2) is 9.78 Å². The summed E-state index contributed by atoms with van der Waals surface area (Å²) in [6, 6.07) is -0.107. The van der Waals surface area contributed by atoms with Crippen LogP contribution in [0.1, 0.15) is 37.5 Å². The SMILES string of the molecule is Cc1nc(C(C)NC(=O)OCC(C)C)cs1. The van der Waals surface area contributed by atoms with Crippen LogP contribution in [0.3, 0.4) is 0 Å². The van der Waals surface area contributed by atoms with Gasteiger partial charge in [-0.2, -0.15) is 0 Å². The Kier molecular flexibility index (Phi) is 4.73. The Hall–Kier alpha value is -1.10. The van der Waals surface area contributed by atoms with Crippen LogP contribution in [0.15, 0.2) is 5.38 Å². The minimum atomic E-state index is -0.383. The molecular formula is C11H18N2O2S. The van der Waals surface area contributed by atoms with E-state index in [0.29, 0.717) is 12.5 Å². The van der Waals surface area contributed by atoms with Crippen molar-refractivity contribution in [1.82, 2.24) is 10.3 Å². The van der Waals surface area contributed by atoms with Crippen LogP contribution in [0, 0.1) is 12.8 Å². The lowest BCUT2D eigenvalue weighted by Gasteiger charge is -2.12. The van der Waals surface area contributed by atoms with Crippen LogP contribution in [-0.4, -0.2) is 17.7 Å². The van der Waals surface area contributed by atoms with E-state index in [0.717, 1.165) is 10.7 Å². The second-order valence-electron chi connectivity index (χ2n) is 4.15. The smallest absolute Gasteiger partial charge is 0.407 e. The number of nitrogens with one attached hydrogen (secondary N) is 1. The lowest BCUT2D eigenvalue weighted by molar-refractivity contribution is 0.130. The van der Waals surface area contributed by atoms with Gasteiger partial charge in [0.2, 0.25) is 0 Å². The number of hydrogen-bond donors (Lipinski definition) is 1. The van der Waals surface area contributed by atoms with Gasteiger partial charge in [-0.05, 0) is 19.8 Å². The van der Waals surface area contributed by atoms with Gasteiger partial charge >= 0.3 is 6.09 Å². The van der Waals surface area contributed by atoms with Gasteiger partial charge in [0.15, 0.2) is 0 Å². The van der Waals surface area contributed by atoms with Crippen molar-refractivity contribution in [3.05, 3.63) is 16.1 Å². The zero-order valence-corrected chi connectivity index (χ0v) is 10.9. The fourth-order valence-electron chi connectivity index (χ4n) is 1.11. The minimum Gasteiger partial charge on any atom is -0.449 e. The molecule has 0 spiro atoms. The molecule has 0 bridgehead atoms. The van der Waals surface area contributed by atoms with Gasteiger partial charge in [-0.15, -0.1) is 11.3 Å². The molecule has 1 aromatic rings. The highest BCUT2D eigenvalue weighted by Crippen LogP contribution is 2.15. The molecule has 1 atom stereocenters. The number of aromatic nitrogens is 1. The second-order valence-corrected chi connectivity index (χ2v) is 5.21. The van der Waals surface area contributed by atoms with Crippen LogP contribution in [0.25, 0.3) is 0 Å². The summed E-state index contributed by atoms with van der Waals surface area (Å²) in [5.41, 5.74) is 0.879. The molecule has 1 rings (SSSR count). The van der Waals surface area contributed by atoms with E-state index in [2.05, 4.69) is 10.3 Å². The van der Waals surface area contributed by atoms with E-state index in [1.165, 1.54) is 0 Å². The molecule has 0 aromatic carbocycles. The van der Waals surface area contributed by atoms with Gasteiger partial charge in [0, 0.05) is 5.38 Å². The molecule has 0 saturated heterocycles. The van der Waals surface area contributed by atoms with Crippen molar-refractivity contribution < 1.29 is 9.53 Å². The Balaban J connectivity index is 2.39. The number of carbonyl (C=O) groups is 1. The average molecular weight is 242 g/mol. The van der Waals surface area contributed by atoms with Gasteiger partial charge in [0.25, 0.3) is 0 Å².